The molecule has 4 fully saturated rings. The average molecular weight is 422 g/mol. The zero-order valence-electron chi connectivity index (χ0n) is 18.4. The topological polar surface area (TPSA) is 88.2 Å². The standard InChI is InChI=1S/C22H35N3O5/c1-21(2,3)16-4-8-22(9-5-16)19(27)25(20(28)23-22)14-17(26)24-10-6-15(7-11-24)18-29-12-13-30-18/h15-16,18H,4-14H2,1-3H3,(H,23,28). The summed E-state index contributed by atoms with van der Waals surface area (Å²) in [6.45, 7) is 8.99. The van der Waals surface area contributed by atoms with Gasteiger partial charge in [-0.15, -0.1) is 0 Å². The van der Waals surface area contributed by atoms with E-state index in [1.807, 2.05) is 0 Å². The van der Waals surface area contributed by atoms with E-state index in [1.54, 1.807) is 4.90 Å². The number of rotatable bonds is 3. The highest BCUT2D eigenvalue weighted by Crippen LogP contribution is 2.43. The van der Waals surface area contributed by atoms with Crippen LogP contribution < -0.4 is 5.32 Å². The van der Waals surface area contributed by atoms with Gasteiger partial charge in [0, 0.05) is 19.0 Å². The Morgan fingerprint density at radius 2 is 1.67 bits per heavy atom. The lowest BCUT2D eigenvalue weighted by atomic mass is 9.67. The van der Waals surface area contributed by atoms with Crippen LogP contribution in [0.1, 0.15) is 59.3 Å². The number of carbonyl (C=O) groups excluding carboxylic acids is 3. The fraction of sp³-hybridized carbons (Fsp3) is 0.864. The number of hydrogen-bond donors (Lipinski definition) is 1. The minimum Gasteiger partial charge on any atom is -0.350 e. The van der Waals surface area contributed by atoms with Crippen LogP contribution in [0, 0.1) is 17.3 Å². The first-order chi connectivity index (χ1) is 14.2. The molecule has 0 aromatic carbocycles. The summed E-state index contributed by atoms with van der Waals surface area (Å²) in [7, 11) is 0. The van der Waals surface area contributed by atoms with Crippen molar-refractivity contribution >= 4 is 17.8 Å². The number of likely N-dealkylation sites (tertiary alicyclic amines) is 1. The number of nitrogens with zero attached hydrogens (tertiary/aromatic N) is 2. The van der Waals surface area contributed by atoms with E-state index >= 15 is 0 Å². The summed E-state index contributed by atoms with van der Waals surface area (Å²) in [4.78, 5) is 41.4. The van der Waals surface area contributed by atoms with Gasteiger partial charge >= 0.3 is 6.03 Å². The Kier molecular flexibility index (Phi) is 5.83. The number of amides is 4. The fourth-order valence-electron chi connectivity index (χ4n) is 5.44. The maximum Gasteiger partial charge on any atom is 0.325 e. The SMILES string of the molecule is CC(C)(C)C1CCC2(CC1)NC(=O)N(CC(=O)N1CCC(C3OCCO3)CC1)C2=O. The van der Waals surface area contributed by atoms with E-state index in [-0.39, 0.29) is 30.1 Å². The van der Waals surface area contributed by atoms with Gasteiger partial charge in [-0.1, -0.05) is 20.8 Å². The molecule has 30 heavy (non-hydrogen) atoms. The van der Waals surface area contributed by atoms with Crippen LogP contribution in [-0.4, -0.2) is 72.3 Å². The second kappa shape index (κ2) is 8.11. The van der Waals surface area contributed by atoms with E-state index in [1.165, 1.54) is 0 Å². The van der Waals surface area contributed by atoms with E-state index in [0.29, 0.717) is 51.0 Å². The highest BCUT2D eigenvalue weighted by molar-refractivity contribution is 6.09. The molecule has 8 nitrogen and oxygen atoms in total. The first-order valence-corrected chi connectivity index (χ1v) is 11.3. The molecule has 1 N–H and O–H groups in total. The molecule has 3 heterocycles. The Balaban J connectivity index is 1.31. The molecule has 8 heteroatoms. The molecule has 0 atom stereocenters. The van der Waals surface area contributed by atoms with Crippen LogP contribution in [0.4, 0.5) is 4.79 Å². The van der Waals surface area contributed by atoms with E-state index in [9.17, 15) is 14.4 Å². The lowest BCUT2D eigenvalue weighted by Gasteiger charge is -2.40. The van der Waals surface area contributed by atoms with Crippen LogP contribution in [0.25, 0.3) is 0 Å². The molecule has 1 saturated carbocycles. The molecule has 0 aromatic rings. The number of ether oxygens (including phenoxy) is 2. The summed E-state index contributed by atoms with van der Waals surface area (Å²) >= 11 is 0. The lowest BCUT2D eigenvalue weighted by Crippen LogP contribution is -2.51. The average Bonchev–Trinajstić information content (AvgIpc) is 3.32. The number of nitrogens with one attached hydrogen (secondary N) is 1. The summed E-state index contributed by atoms with van der Waals surface area (Å²) in [6, 6.07) is -0.426. The van der Waals surface area contributed by atoms with Gasteiger partial charge in [-0.25, -0.2) is 4.79 Å². The van der Waals surface area contributed by atoms with E-state index < -0.39 is 11.6 Å². The largest absolute Gasteiger partial charge is 0.350 e. The first-order valence-electron chi connectivity index (χ1n) is 11.3. The van der Waals surface area contributed by atoms with Crippen molar-refractivity contribution in [3.05, 3.63) is 0 Å². The third kappa shape index (κ3) is 4.08. The molecule has 0 bridgehead atoms. The zero-order valence-corrected chi connectivity index (χ0v) is 18.4. The summed E-state index contributed by atoms with van der Waals surface area (Å²) < 4.78 is 11.2. The quantitative estimate of drug-likeness (QED) is 0.706. The Hall–Kier alpha value is -1.67. The van der Waals surface area contributed by atoms with Gasteiger partial charge < -0.3 is 19.7 Å². The molecule has 0 unspecified atom stereocenters. The van der Waals surface area contributed by atoms with Crippen molar-refractivity contribution in [3.63, 3.8) is 0 Å². The Bertz CT molecular complexity index is 681. The van der Waals surface area contributed by atoms with Crippen LogP contribution in [0.2, 0.25) is 0 Å². The molecular formula is C22H35N3O5. The van der Waals surface area contributed by atoms with Crippen molar-refractivity contribution in [2.75, 3.05) is 32.8 Å². The minimum absolute atomic E-state index is 0.156. The summed E-state index contributed by atoms with van der Waals surface area (Å²) in [6.07, 6.45) is 4.60. The Labute approximate surface area is 178 Å². The zero-order chi connectivity index (χ0) is 21.5. The van der Waals surface area contributed by atoms with E-state index in [4.69, 9.17) is 9.47 Å². The second-order valence-electron chi connectivity index (χ2n) is 10.4. The molecule has 1 spiro atoms. The molecule has 3 aliphatic heterocycles. The lowest BCUT2D eigenvalue weighted by molar-refractivity contribution is -0.142. The van der Waals surface area contributed by atoms with Gasteiger partial charge in [0.1, 0.15) is 12.1 Å². The van der Waals surface area contributed by atoms with Gasteiger partial charge in [0.15, 0.2) is 6.29 Å². The van der Waals surface area contributed by atoms with Crippen LogP contribution in [0.3, 0.4) is 0 Å². The molecule has 4 amide bonds. The van der Waals surface area contributed by atoms with Gasteiger partial charge in [-0.2, -0.15) is 0 Å². The molecule has 3 saturated heterocycles. The third-order valence-corrected chi connectivity index (χ3v) is 7.53. The number of hydrogen-bond acceptors (Lipinski definition) is 5. The number of piperidine rings is 1. The van der Waals surface area contributed by atoms with Gasteiger partial charge in [0.2, 0.25) is 5.91 Å². The number of urea groups is 1. The predicted molar refractivity (Wildman–Crippen MR) is 109 cm³/mol. The number of imide groups is 1. The van der Waals surface area contributed by atoms with E-state index in [2.05, 4.69) is 26.1 Å². The second-order valence-corrected chi connectivity index (χ2v) is 10.4. The van der Waals surface area contributed by atoms with Crippen molar-refractivity contribution in [2.45, 2.75) is 71.1 Å². The summed E-state index contributed by atoms with van der Waals surface area (Å²) in [5.74, 6) is 0.452. The Morgan fingerprint density at radius 3 is 2.23 bits per heavy atom. The van der Waals surface area contributed by atoms with Gasteiger partial charge in [-0.3, -0.25) is 14.5 Å². The van der Waals surface area contributed by atoms with Crippen molar-refractivity contribution in [3.8, 4) is 0 Å². The summed E-state index contributed by atoms with van der Waals surface area (Å²) in [5, 5.41) is 2.93. The van der Waals surface area contributed by atoms with Crippen LogP contribution in [0.5, 0.6) is 0 Å². The molecule has 4 rings (SSSR count). The normalized spacial score (nSPS) is 31.6. The van der Waals surface area contributed by atoms with E-state index in [0.717, 1.165) is 30.6 Å². The molecule has 0 aromatic heterocycles. The highest BCUT2D eigenvalue weighted by Gasteiger charge is 2.53. The molecule has 4 aliphatic rings. The Morgan fingerprint density at radius 1 is 1.07 bits per heavy atom. The smallest absolute Gasteiger partial charge is 0.325 e. The molecule has 1 aliphatic carbocycles. The monoisotopic (exact) mass is 421 g/mol. The van der Waals surface area contributed by atoms with Gasteiger partial charge in [0.05, 0.1) is 13.2 Å². The summed E-state index contributed by atoms with van der Waals surface area (Å²) in [5.41, 5.74) is -0.618. The number of carbonyl (C=O) groups is 3. The molecular weight excluding hydrogens is 386 g/mol. The highest BCUT2D eigenvalue weighted by atomic mass is 16.7. The maximum atomic E-state index is 13.1. The van der Waals surface area contributed by atoms with Crippen molar-refractivity contribution in [1.82, 2.24) is 15.1 Å². The van der Waals surface area contributed by atoms with Crippen LogP contribution in [-0.2, 0) is 19.1 Å². The van der Waals surface area contributed by atoms with Crippen LogP contribution in [0.15, 0.2) is 0 Å². The van der Waals surface area contributed by atoms with Gasteiger partial charge in [0.25, 0.3) is 5.91 Å². The van der Waals surface area contributed by atoms with Gasteiger partial charge in [-0.05, 0) is 49.9 Å². The first kappa shape index (κ1) is 21.6. The fourth-order valence-corrected chi connectivity index (χ4v) is 5.44. The third-order valence-electron chi connectivity index (χ3n) is 7.53. The molecule has 0 radical (unpaired) electrons. The maximum absolute atomic E-state index is 13.1. The minimum atomic E-state index is -0.816. The van der Waals surface area contributed by atoms with Crippen molar-refractivity contribution in [1.29, 1.82) is 0 Å². The van der Waals surface area contributed by atoms with Crippen LogP contribution >= 0.6 is 0 Å². The predicted octanol–water partition coefficient (Wildman–Crippen LogP) is 2.12. The molecule has 168 valence electrons. The van der Waals surface area contributed by atoms with Crippen molar-refractivity contribution < 1.29 is 23.9 Å². The van der Waals surface area contributed by atoms with Crippen molar-refractivity contribution in [2.24, 2.45) is 17.3 Å².